The Hall–Kier alpha value is -1.64. The van der Waals surface area contributed by atoms with Crippen LogP contribution in [0, 0.1) is 0 Å². The van der Waals surface area contributed by atoms with Crippen molar-refractivity contribution in [2.45, 2.75) is 32.6 Å². The van der Waals surface area contributed by atoms with Crippen LogP contribution in [-0.4, -0.2) is 26.4 Å². The van der Waals surface area contributed by atoms with E-state index in [4.69, 9.17) is 9.47 Å². The summed E-state index contributed by atoms with van der Waals surface area (Å²) in [7, 11) is 0. The van der Waals surface area contributed by atoms with Crippen molar-refractivity contribution >= 4 is 0 Å². The van der Waals surface area contributed by atoms with Gasteiger partial charge in [-0.3, -0.25) is 0 Å². The first-order valence-corrected chi connectivity index (χ1v) is 8.65. The van der Waals surface area contributed by atoms with Gasteiger partial charge in [0, 0.05) is 13.2 Å². The van der Waals surface area contributed by atoms with Gasteiger partial charge in [0.1, 0.15) is 0 Å². The van der Waals surface area contributed by atoms with Gasteiger partial charge in [-0.2, -0.15) is 0 Å². The fourth-order valence-electron chi connectivity index (χ4n) is 3.64. The maximum atomic E-state index is 5.91. The van der Waals surface area contributed by atoms with Crippen LogP contribution in [0.4, 0.5) is 0 Å². The number of hydrogen-bond donors (Lipinski definition) is 0. The van der Waals surface area contributed by atoms with E-state index in [0.29, 0.717) is 13.2 Å². The molecular formula is C21H26O2. The van der Waals surface area contributed by atoms with Gasteiger partial charge in [-0.25, -0.2) is 0 Å². The van der Waals surface area contributed by atoms with Crippen molar-refractivity contribution in [1.82, 2.24) is 0 Å². The lowest BCUT2D eigenvalue weighted by atomic mass is 9.79. The Morgan fingerprint density at radius 3 is 2.09 bits per heavy atom. The van der Waals surface area contributed by atoms with Crippen LogP contribution in [0.2, 0.25) is 0 Å². The predicted molar refractivity (Wildman–Crippen MR) is 95.0 cm³/mol. The third-order valence-corrected chi connectivity index (χ3v) is 4.85. The van der Waals surface area contributed by atoms with E-state index in [0.717, 1.165) is 19.6 Å². The first-order valence-electron chi connectivity index (χ1n) is 8.65. The number of ether oxygens (including phenoxy) is 2. The van der Waals surface area contributed by atoms with Crippen LogP contribution in [0.5, 0.6) is 0 Å². The third-order valence-electron chi connectivity index (χ3n) is 4.85. The van der Waals surface area contributed by atoms with E-state index in [2.05, 4.69) is 63.2 Å². The van der Waals surface area contributed by atoms with E-state index >= 15 is 0 Å². The van der Waals surface area contributed by atoms with Gasteiger partial charge in [0.2, 0.25) is 0 Å². The van der Waals surface area contributed by atoms with Crippen LogP contribution >= 0.6 is 0 Å². The Kier molecular flexibility index (Phi) is 4.84. The average Bonchev–Trinajstić information content (AvgIpc) is 2.88. The molecule has 0 fully saturated rings. The molecule has 3 rings (SSSR count). The van der Waals surface area contributed by atoms with E-state index in [1.807, 2.05) is 0 Å². The fourth-order valence-corrected chi connectivity index (χ4v) is 3.64. The molecule has 0 N–H and O–H groups in total. The van der Waals surface area contributed by atoms with Gasteiger partial charge in [-0.05, 0) is 48.1 Å². The van der Waals surface area contributed by atoms with Gasteiger partial charge in [0.05, 0.1) is 18.6 Å². The molecule has 122 valence electrons. The topological polar surface area (TPSA) is 18.5 Å². The molecular weight excluding hydrogens is 284 g/mol. The number of aryl methyl sites for hydroxylation is 1. The van der Waals surface area contributed by atoms with Gasteiger partial charge in [-0.1, -0.05) is 49.4 Å². The molecule has 2 aromatic rings. The molecule has 0 atom stereocenters. The highest BCUT2D eigenvalue weighted by Gasteiger charge is 2.43. The lowest BCUT2D eigenvalue weighted by Crippen LogP contribution is -2.36. The summed E-state index contributed by atoms with van der Waals surface area (Å²) in [5, 5.41) is 0. The van der Waals surface area contributed by atoms with Gasteiger partial charge >= 0.3 is 0 Å². The summed E-state index contributed by atoms with van der Waals surface area (Å²) in [5.74, 6) is 0. The highest BCUT2D eigenvalue weighted by molar-refractivity contribution is 5.81. The SMILES string of the molecule is CCOCC1(COCC)c2ccccc2-c2cc(CC)ccc21. The average molecular weight is 310 g/mol. The van der Waals surface area contributed by atoms with Crippen LogP contribution in [0.15, 0.2) is 42.5 Å². The molecule has 0 unspecified atom stereocenters. The summed E-state index contributed by atoms with van der Waals surface area (Å²) in [6, 6.07) is 15.6. The van der Waals surface area contributed by atoms with Gasteiger partial charge in [0.15, 0.2) is 0 Å². The second-order valence-corrected chi connectivity index (χ2v) is 6.14. The van der Waals surface area contributed by atoms with Gasteiger partial charge in [0.25, 0.3) is 0 Å². The molecule has 0 radical (unpaired) electrons. The molecule has 0 heterocycles. The maximum Gasteiger partial charge on any atom is 0.0681 e. The highest BCUT2D eigenvalue weighted by Crippen LogP contribution is 2.49. The zero-order valence-corrected chi connectivity index (χ0v) is 14.4. The fraction of sp³-hybridized carbons (Fsp3) is 0.429. The Labute approximate surface area is 139 Å². The van der Waals surface area contributed by atoms with Crippen molar-refractivity contribution in [3.05, 3.63) is 59.2 Å². The second-order valence-electron chi connectivity index (χ2n) is 6.14. The molecule has 1 aliphatic carbocycles. The van der Waals surface area contributed by atoms with Crippen LogP contribution in [0.3, 0.4) is 0 Å². The molecule has 1 aliphatic rings. The zero-order chi connectivity index (χ0) is 16.3. The molecule has 0 bridgehead atoms. The minimum atomic E-state index is -0.190. The maximum absolute atomic E-state index is 5.91. The monoisotopic (exact) mass is 310 g/mol. The Bertz CT molecular complexity index is 667. The van der Waals surface area contributed by atoms with Crippen molar-refractivity contribution < 1.29 is 9.47 Å². The predicted octanol–water partition coefficient (Wildman–Crippen LogP) is 4.59. The van der Waals surface area contributed by atoms with Crippen molar-refractivity contribution in [1.29, 1.82) is 0 Å². The minimum absolute atomic E-state index is 0.190. The molecule has 2 heteroatoms. The smallest absolute Gasteiger partial charge is 0.0681 e. The van der Waals surface area contributed by atoms with E-state index in [1.54, 1.807) is 0 Å². The van der Waals surface area contributed by atoms with Crippen molar-refractivity contribution in [2.24, 2.45) is 0 Å². The van der Waals surface area contributed by atoms with Crippen LogP contribution in [0.1, 0.15) is 37.5 Å². The normalized spacial score (nSPS) is 14.6. The van der Waals surface area contributed by atoms with Crippen molar-refractivity contribution in [3.63, 3.8) is 0 Å². The summed E-state index contributed by atoms with van der Waals surface area (Å²) < 4.78 is 11.8. The molecule has 0 saturated carbocycles. The molecule has 0 saturated heterocycles. The largest absolute Gasteiger partial charge is 0.380 e. The third kappa shape index (κ3) is 2.71. The Morgan fingerprint density at radius 1 is 0.783 bits per heavy atom. The van der Waals surface area contributed by atoms with Crippen LogP contribution in [0.25, 0.3) is 11.1 Å². The molecule has 0 aromatic heterocycles. The molecule has 0 amide bonds. The van der Waals surface area contributed by atoms with E-state index in [1.165, 1.54) is 27.8 Å². The lowest BCUT2D eigenvalue weighted by molar-refractivity contribution is 0.0451. The standard InChI is InChI=1S/C21H26O2/c1-4-16-11-12-20-18(13-16)17-9-7-8-10-19(17)21(20,14-22-5-2)15-23-6-3/h7-13H,4-6,14-15H2,1-3H3. The summed E-state index contributed by atoms with van der Waals surface area (Å²) in [6.07, 6.45) is 1.05. The Balaban J connectivity index is 2.18. The van der Waals surface area contributed by atoms with Crippen molar-refractivity contribution in [2.75, 3.05) is 26.4 Å². The first-order chi connectivity index (χ1) is 11.3. The lowest BCUT2D eigenvalue weighted by Gasteiger charge is -2.31. The van der Waals surface area contributed by atoms with E-state index in [-0.39, 0.29) is 5.41 Å². The van der Waals surface area contributed by atoms with Crippen LogP contribution < -0.4 is 0 Å². The quantitative estimate of drug-likeness (QED) is 0.745. The first kappa shape index (κ1) is 16.2. The summed E-state index contributed by atoms with van der Waals surface area (Å²) in [5.41, 5.74) is 6.55. The van der Waals surface area contributed by atoms with Crippen LogP contribution in [-0.2, 0) is 21.3 Å². The summed E-state index contributed by atoms with van der Waals surface area (Å²) in [4.78, 5) is 0. The van der Waals surface area contributed by atoms with E-state index < -0.39 is 0 Å². The molecule has 23 heavy (non-hydrogen) atoms. The van der Waals surface area contributed by atoms with Gasteiger partial charge in [-0.15, -0.1) is 0 Å². The molecule has 2 nitrogen and oxygen atoms in total. The van der Waals surface area contributed by atoms with E-state index in [9.17, 15) is 0 Å². The molecule has 0 aliphatic heterocycles. The summed E-state index contributed by atoms with van der Waals surface area (Å²) >= 11 is 0. The zero-order valence-electron chi connectivity index (χ0n) is 14.4. The van der Waals surface area contributed by atoms with Crippen molar-refractivity contribution in [3.8, 4) is 11.1 Å². The summed E-state index contributed by atoms with van der Waals surface area (Å²) in [6.45, 7) is 9.08. The minimum Gasteiger partial charge on any atom is -0.380 e. The van der Waals surface area contributed by atoms with Gasteiger partial charge < -0.3 is 9.47 Å². The number of benzene rings is 2. The number of hydrogen-bond acceptors (Lipinski definition) is 2. The molecule has 0 spiro atoms. The number of fused-ring (bicyclic) bond motifs is 3. The molecule has 2 aromatic carbocycles. The second kappa shape index (κ2) is 6.86. The number of rotatable bonds is 7. The highest BCUT2D eigenvalue weighted by atomic mass is 16.5. The Morgan fingerprint density at radius 2 is 1.43 bits per heavy atom.